The molecule has 0 saturated heterocycles. The zero-order valence-electron chi connectivity index (χ0n) is 19.8. The van der Waals surface area contributed by atoms with Crippen LogP contribution in [-0.2, 0) is 5.41 Å². The number of benzene rings is 5. The lowest BCUT2D eigenvalue weighted by Crippen LogP contribution is -2.16. The van der Waals surface area contributed by atoms with Crippen LogP contribution in [0, 0.1) is 0 Å². The quantitative estimate of drug-likeness (QED) is 0.250. The van der Waals surface area contributed by atoms with Crippen molar-refractivity contribution in [3.8, 4) is 11.1 Å². The van der Waals surface area contributed by atoms with Gasteiger partial charge in [0.05, 0.1) is 0 Å². The van der Waals surface area contributed by atoms with Crippen LogP contribution in [0.1, 0.15) is 25.0 Å². The zero-order valence-corrected chi connectivity index (χ0v) is 20.6. The first-order chi connectivity index (χ1) is 17.1. The van der Waals surface area contributed by atoms with E-state index in [9.17, 15) is 0 Å². The van der Waals surface area contributed by atoms with Gasteiger partial charge in [0.15, 0.2) is 0 Å². The van der Waals surface area contributed by atoms with Crippen LogP contribution >= 0.6 is 11.3 Å². The fourth-order valence-corrected chi connectivity index (χ4v) is 6.80. The molecule has 1 heterocycles. The largest absolute Gasteiger partial charge is 0.310 e. The van der Waals surface area contributed by atoms with Crippen LogP contribution in [0.4, 0.5) is 17.1 Å². The summed E-state index contributed by atoms with van der Waals surface area (Å²) in [7, 11) is 0. The van der Waals surface area contributed by atoms with Gasteiger partial charge in [0.25, 0.3) is 0 Å². The van der Waals surface area contributed by atoms with Gasteiger partial charge in [-0.15, -0.1) is 11.3 Å². The summed E-state index contributed by atoms with van der Waals surface area (Å²) >= 11 is 1.86. The van der Waals surface area contributed by atoms with E-state index in [2.05, 4.69) is 134 Å². The molecular formula is C33H25NS. The number of nitrogens with zero attached hydrogens (tertiary/aromatic N) is 1. The summed E-state index contributed by atoms with van der Waals surface area (Å²) in [6.45, 7) is 4.69. The topological polar surface area (TPSA) is 3.24 Å². The molecule has 0 saturated carbocycles. The van der Waals surface area contributed by atoms with Crippen LogP contribution in [0.3, 0.4) is 0 Å². The van der Waals surface area contributed by atoms with Gasteiger partial charge >= 0.3 is 0 Å². The van der Waals surface area contributed by atoms with E-state index in [1.807, 2.05) is 11.3 Å². The third-order valence-electron chi connectivity index (χ3n) is 7.46. The second-order valence-corrected chi connectivity index (χ2v) is 10.9. The van der Waals surface area contributed by atoms with Gasteiger partial charge in [-0.1, -0.05) is 80.6 Å². The normalized spacial score (nSPS) is 13.7. The lowest BCUT2D eigenvalue weighted by atomic mass is 9.82. The summed E-state index contributed by atoms with van der Waals surface area (Å²) in [5, 5.41) is 2.64. The summed E-state index contributed by atoms with van der Waals surface area (Å²) in [5.74, 6) is 0. The molecule has 0 amide bonds. The molecule has 7 rings (SSSR count). The standard InChI is InChI=1S/C33H25NS/c1-33(2)29-14-8-6-12-25(29)26-18-16-24(21-30(26)33)34(22-10-4-3-5-11-22)23-17-19-32-28(20-23)27-13-7-9-15-31(27)35-32/h3-21H,1-2H3. The molecule has 1 aliphatic rings. The van der Waals surface area contributed by atoms with Crippen molar-refractivity contribution in [2.75, 3.05) is 4.90 Å². The molecule has 0 N–H and O–H groups in total. The highest BCUT2D eigenvalue weighted by Crippen LogP contribution is 2.50. The van der Waals surface area contributed by atoms with Gasteiger partial charge in [0, 0.05) is 42.6 Å². The summed E-state index contributed by atoms with van der Waals surface area (Å²) in [6, 6.07) is 42.2. The number of rotatable bonds is 3. The molecule has 0 atom stereocenters. The summed E-state index contributed by atoms with van der Waals surface area (Å²) in [6.07, 6.45) is 0. The minimum atomic E-state index is -0.0300. The van der Waals surface area contributed by atoms with E-state index in [1.165, 1.54) is 59.5 Å². The van der Waals surface area contributed by atoms with E-state index in [4.69, 9.17) is 0 Å². The Hall–Kier alpha value is -3.88. The Morgan fingerprint density at radius 3 is 2.06 bits per heavy atom. The zero-order chi connectivity index (χ0) is 23.6. The minimum absolute atomic E-state index is 0.0300. The average Bonchev–Trinajstić information content (AvgIpc) is 3.38. The van der Waals surface area contributed by atoms with Crippen molar-refractivity contribution in [3.63, 3.8) is 0 Å². The van der Waals surface area contributed by atoms with Crippen molar-refractivity contribution in [1.82, 2.24) is 0 Å². The maximum Gasteiger partial charge on any atom is 0.0468 e. The van der Waals surface area contributed by atoms with Crippen LogP contribution in [0.5, 0.6) is 0 Å². The third-order valence-corrected chi connectivity index (χ3v) is 8.61. The van der Waals surface area contributed by atoms with E-state index < -0.39 is 0 Å². The number of fused-ring (bicyclic) bond motifs is 6. The molecule has 6 aromatic rings. The molecule has 35 heavy (non-hydrogen) atoms. The van der Waals surface area contributed by atoms with Gasteiger partial charge in [0.2, 0.25) is 0 Å². The monoisotopic (exact) mass is 467 g/mol. The fraction of sp³-hybridized carbons (Fsp3) is 0.0909. The first-order valence-electron chi connectivity index (χ1n) is 12.1. The molecule has 0 radical (unpaired) electrons. The molecule has 5 aromatic carbocycles. The number of para-hydroxylation sites is 1. The number of hydrogen-bond acceptors (Lipinski definition) is 2. The van der Waals surface area contributed by atoms with Crippen LogP contribution in [0.25, 0.3) is 31.3 Å². The van der Waals surface area contributed by atoms with E-state index in [-0.39, 0.29) is 5.41 Å². The highest BCUT2D eigenvalue weighted by atomic mass is 32.1. The Morgan fingerprint density at radius 1 is 0.514 bits per heavy atom. The van der Waals surface area contributed by atoms with Gasteiger partial charge in [0.1, 0.15) is 0 Å². The molecule has 0 bridgehead atoms. The molecule has 1 aromatic heterocycles. The van der Waals surface area contributed by atoms with Crippen LogP contribution in [0.2, 0.25) is 0 Å². The number of hydrogen-bond donors (Lipinski definition) is 0. The Labute approximate surface area is 209 Å². The Kier molecular flexibility index (Phi) is 4.43. The predicted molar refractivity (Wildman–Crippen MR) is 152 cm³/mol. The van der Waals surface area contributed by atoms with E-state index in [1.54, 1.807) is 0 Å². The number of anilines is 3. The summed E-state index contributed by atoms with van der Waals surface area (Å²) in [5.41, 5.74) is 9.01. The molecule has 168 valence electrons. The molecular weight excluding hydrogens is 442 g/mol. The Balaban J connectivity index is 1.44. The van der Waals surface area contributed by atoms with Gasteiger partial charge in [-0.2, -0.15) is 0 Å². The number of thiophene rings is 1. The van der Waals surface area contributed by atoms with Crippen molar-refractivity contribution < 1.29 is 0 Å². The summed E-state index contributed by atoms with van der Waals surface area (Å²) in [4.78, 5) is 2.39. The highest BCUT2D eigenvalue weighted by molar-refractivity contribution is 7.25. The minimum Gasteiger partial charge on any atom is -0.310 e. The van der Waals surface area contributed by atoms with Crippen molar-refractivity contribution >= 4 is 48.6 Å². The summed E-state index contributed by atoms with van der Waals surface area (Å²) < 4.78 is 2.66. The first-order valence-corrected chi connectivity index (χ1v) is 12.9. The second kappa shape index (κ2) is 7.56. The van der Waals surface area contributed by atoms with Crippen molar-refractivity contribution in [2.45, 2.75) is 19.3 Å². The third kappa shape index (κ3) is 3.07. The van der Waals surface area contributed by atoms with Crippen LogP contribution < -0.4 is 4.90 Å². The lowest BCUT2D eigenvalue weighted by Gasteiger charge is -2.28. The predicted octanol–water partition coefficient (Wildman–Crippen LogP) is 9.83. The van der Waals surface area contributed by atoms with Crippen molar-refractivity contribution in [3.05, 3.63) is 126 Å². The van der Waals surface area contributed by atoms with E-state index >= 15 is 0 Å². The molecule has 2 heteroatoms. The molecule has 0 unspecified atom stereocenters. The van der Waals surface area contributed by atoms with Gasteiger partial charge in [-0.25, -0.2) is 0 Å². The first kappa shape index (κ1) is 20.5. The van der Waals surface area contributed by atoms with E-state index in [0.717, 1.165) is 0 Å². The molecule has 0 fully saturated rings. The Morgan fingerprint density at radius 2 is 1.17 bits per heavy atom. The van der Waals surface area contributed by atoms with Gasteiger partial charge < -0.3 is 4.90 Å². The Bertz CT molecular complexity index is 1730. The molecule has 1 aliphatic carbocycles. The second-order valence-electron chi connectivity index (χ2n) is 9.85. The average molecular weight is 468 g/mol. The van der Waals surface area contributed by atoms with Gasteiger partial charge in [-0.05, 0) is 70.8 Å². The maximum atomic E-state index is 2.40. The fourth-order valence-electron chi connectivity index (χ4n) is 5.71. The van der Waals surface area contributed by atoms with Gasteiger partial charge in [-0.3, -0.25) is 0 Å². The highest BCUT2D eigenvalue weighted by Gasteiger charge is 2.35. The van der Waals surface area contributed by atoms with Crippen molar-refractivity contribution in [1.29, 1.82) is 0 Å². The smallest absolute Gasteiger partial charge is 0.0468 e. The molecule has 0 spiro atoms. The SMILES string of the molecule is CC1(C)c2ccccc2-c2ccc(N(c3ccccc3)c3ccc4sc5ccccc5c4c3)cc21. The molecule has 1 nitrogen and oxygen atoms in total. The van der Waals surface area contributed by atoms with Crippen molar-refractivity contribution in [2.24, 2.45) is 0 Å². The van der Waals surface area contributed by atoms with Crippen LogP contribution in [0.15, 0.2) is 115 Å². The van der Waals surface area contributed by atoms with Crippen LogP contribution in [-0.4, -0.2) is 0 Å². The maximum absolute atomic E-state index is 2.40. The van der Waals surface area contributed by atoms with E-state index in [0.29, 0.717) is 0 Å². The lowest BCUT2D eigenvalue weighted by molar-refractivity contribution is 0.660. The molecule has 0 aliphatic heterocycles.